The molecule has 2 aromatic carbocycles. The summed E-state index contributed by atoms with van der Waals surface area (Å²) in [5, 5.41) is 4.65. The summed E-state index contributed by atoms with van der Waals surface area (Å²) in [6.45, 7) is -0.218. The van der Waals surface area contributed by atoms with E-state index in [1.807, 2.05) is 24.3 Å². The summed E-state index contributed by atoms with van der Waals surface area (Å²) in [5.41, 5.74) is 3.90. The van der Waals surface area contributed by atoms with Crippen LogP contribution in [0.2, 0.25) is 0 Å². The van der Waals surface area contributed by atoms with Crippen LogP contribution in [0.1, 0.15) is 5.56 Å². The number of nitrogens with zero attached hydrogens (tertiary/aromatic N) is 3. The van der Waals surface area contributed by atoms with E-state index >= 15 is 0 Å². The number of methoxy groups -OCH3 is 2. The number of amides is 1. The van der Waals surface area contributed by atoms with E-state index in [1.165, 1.54) is 12.5 Å². The maximum Gasteiger partial charge on any atom is 0.278 e. The second-order valence-corrected chi connectivity index (χ2v) is 5.39. The maximum absolute atomic E-state index is 11.9. The Morgan fingerprint density at radius 1 is 1.11 bits per heavy atom. The SMILES string of the molecule is COc1ccc(/C=N/NC(=O)COc2ncnc3ccccc23)cc1OC. The van der Waals surface area contributed by atoms with Gasteiger partial charge in [-0.15, -0.1) is 0 Å². The van der Waals surface area contributed by atoms with E-state index in [-0.39, 0.29) is 6.61 Å². The molecule has 1 aromatic heterocycles. The van der Waals surface area contributed by atoms with Gasteiger partial charge in [0.25, 0.3) is 5.91 Å². The molecule has 1 N–H and O–H groups in total. The number of carbonyl (C=O) groups excluding carboxylic acids is 1. The van der Waals surface area contributed by atoms with Gasteiger partial charge in [-0.3, -0.25) is 4.79 Å². The molecule has 1 amide bonds. The number of aromatic nitrogens is 2. The molecule has 0 aliphatic heterocycles. The summed E-state index contributed by atoms with van der Waals surface area (Å²) in [6.07, 6.45) is 2.89. The Balaban J connectivity index is 1.57. The van der Waals surface area contributed by atoms with E-state index in [0.717, 1.165) is 16.5 Å². The third-order valence-electron chi connectivity index (χ3n) is 3.66. The predicted molar refractivity (Wildman–Crippen MR) is 100 cm³/mol. The first-order chi connectivity index (χ1) is 13.2. The molecular formula is C19H18N4O4. The molecule has 0 radical (unpaired) electrons. The van der Waals surface area contributed by atoms with Gasteiger partial charge in [-0.05, 0) is 35.9 Å². The van der Waals surface area contributed by atoms with Crippen LogP contribution in [0, 0.1) is 0 Å². The highest BCUT2D eigenvalue weighted by Crippen LogP contribution is 2.26. The van der Waals surface area contributed by atoms with E-state index in [1.54, 1.807) is 32.4 Å². The van der Waals surface area contributed by atoms with Gasteiger partial charge in [-0.1, -0.05) is 12.1 Å². The van der Waals surface area contributed by atoms with Gasteiger partial charge in [-0.25, -0.2) is 15.4 Å². The van der Waals surface area contributed by atoms with Crippen molar-refractivity contribution in [1.29, 1.82) is 0 Å². The van der Waals surface area contributed by atoms with Crippen LogP contribution in [-0.2, 0) is 4.79 Å². The number of ether oxygens (including phenoxy) is 3. The van der Waals surface area contributed by atoms with Crippen molar-refractivity contribution in [3.63, 3.8) is 0 Å². The molecule has 0 fully saturated rings. The fourth-order valence-electron chi connectivity index (χ4n) is 2.37. The number of hydrazone groups is 1. The lowest BCUT2D eigenvalue weighted by Gasteiger charge is -2.07. The molecule has 0 unspecified atom stereocenters. The molecule has 138 valence electrons. The van der Waals surface area contributed by atoms with Gasteiger partial charge in [0, 0.05) is 0 Å². The van der Waals surface area contributed by atoms with Crippen LogP contribution < -0.4 is 19.6 Å². The monoisotopic (exact) mass is 366 g/mol. The molecule has 0 atom stereocenters. The van der Waals surface area contributed by atoms with Gasteiger partial charge in [0.05, 0.1) is 31.3 Å². The van der Waals surface area contributed by atoms with Crippen molar-refractivity contribution in [2.45, 2.75) is 0 Å². The van der Waals surface area contributed by atoms with Gasteiger partial charge < -0.3 is 14.2 Å². The number of hydrogen-bond donors (Lipinski definition) is 1. The quantitative estimate of drug-likeness (QED) is 0.509. The topological polar surface area (TPSA) is 94.9 Å². The Bertz CT molecular complexity index is 970. The molecule has 3 rings (SSSR count). The minimum absolute atomic E-state index is 0.218. The fraction of sp³-hybridized carbons (Fsp3) is 0.158. The molecule has 0 saturated heterocycles. The van der Waals surface area contributed by atoms with Crippen LogP contribution >= 0.6 is 0 Å². The molecule has 8 nitrogen and oxygen atoms in total. The Morgan fingerprint density at radius 3 is 2.74 bits per heavy atom. The molecule has 1 heterocycles. The Hall–Kier alpha value is -3.68. The van der Waals surface area contributed by atoms with Crippen molar-refractivity contribution in [1.82, 2.24) is 15.4 Å². The molecule has 27 heavy (non-hydrogen) atoms. The van der Waals surface area contributed by atoms with Gasteiger partial charge in [-0.2, -0.15) is 5.10 Å². The van der Waals surface area contributed by atoms with Crippen LogP contribution in [0.15, 0.2) is 53.9 Å². The highest BCUT2D eigenvalue weighted by atomic mass is 16.5. The average molecular weight is 366 g/mol. The first-order valence-electron chi connectivity index (χ1n) is 8.07. The average Bonchev–Trinajstić information content (AvgIpc) is 2.72. The number of carbonyl (C=O) groups is 1. The lowest BCUT2D eigenvalue weighted by molar-refractivity contribution is -0.123. The van der Waals surface area contributed by atoms with Crippen molar-refractivity contribution in [3.05, 3.63) is 54.4 Å². The molecule has 0 saturated carbocycles. The summed E-state index contributed by atoms with van der Waals surface area (Å²) < 4.78 is 15.9. The third kappa shape index (κ3) is 4.49. The maximum atomic E-state index is 11.9. The van der Waals surface area contributed by atoms with E-state index in [0.29, 0.717) is 17.4 Å². The Morgan fingerprint density at radius 2 is 1.93 bits per heavy atom. The van der Waals surface area contributed by atoms with E-state index in [4.69, 9.17) is 14.2 Å². The third-order valence-corrected chi connectivity index (χ3v) is 3.66. The lowest BCUT2D eigenvalue weighted by Crippen LogP contribution is -2.24. The number of benzene rings is 2. The highest BCUT2D eigenvalue weighted by Gasteiger charge is 2.07. The molecule has 0 spiro atoms. The van der Waals surface area contributed by atoms with Crippen molar-refractivity contribution >= 4 is 23.0 Å². The van der Waals surface area contributed by atoms with Crippen LogP contribution in [0.4, 0.5) is 0 Å². The normalized spacial score (nSPS) is 10.7. The largest absolute Gasteiger partial charge is 0.493 e. The van der Waals surface area contributed by atoms with Crippen molar-refractivity contribution in [3.8, 4) is 17.4 Å². The minimum Gasteiger partial charge on any atom is -0.493 e. The van der Waals surface area contributed by atoms with Gasteiger partial charge in [0.1, 0.15) is 6.33 Å². The number of nitrogens with one attached hydrogen (secondary N) is 1. The second-order valence-electron chi connectivity index (χ2n) is 5.39. The van der Waals surface area contributed by atoms with E-state index in [2.05, 4.69) is 20.5 Å². The number of para-hydroxylation sites is 1. The zero-order valence-corrected chi connectivity index (χ0v) is 14.9. The smallest absolute Gasteiger partial charge is 0.278 e. The molecule has 0 bridgehead atoms. The van der Waals surface area contributed by atoms with Crippen molar-refractivity contribution in [2.24, 2.45) is 5.10 Å². The second kappa shape index (κ2) is 8.61. The van der Waals surface area contributed by atoms with Crippen LogP contribution in [0.3, 0.4) is 0 Å². The zero-order chi connectivity index (χ0) is 19.1. The van der Waals surface area contributed by atoms with Gasteiger partial charge >= 0.3 is 0 Å². The molecule has 0 aliphatic carbocycles. The van der Waals surface area contributed by atoms with Crippen LogP contribution in [0.25, 0.3) is 10.9 Å². The zero-order valence-electron chi connectivity index (χ0n) is 14.9. The van der Waals surface area contributed by atoms with Crippen molar-refractivity contribution < 1.29 is 19.0 Å². The molecule has 3 aromatic rings. The first kappa shape index (κ1) is 18.1. The standard InChI is InChI=1S/C19H18N4O4/c1-25-16-8-7-13(9-17(16)26-2)10-22-23-18(24)11-27-19-14-5-3-4-6-15(14)20-12-21-19/h3-10,12H,11H2,1-2H3,(H,23,24)/b22-10+. The Kier molecular flexibility index (Phi) is 5.78. The number of hydrogen-bond acceptors (Lipinski definition) is 7. The molecule has 8 heteroatoms. The predicted octanol–water partition coefficient (Wildman–Crippen LogP) is 2.18. The van der Waals surface area contributed by atoms with Crippen molar-refractivity contribution in [2.75, 3.05) is 20.8 Å². The fourth-order valence-corrected chi connectivity index (χ4v) is 2.37. The molecular weight excluding hydrogens is 348 g/mol. The van der Waals surface area contributed by atoms with Crippen LogP contribution in [-0.4, -0.2) is 42.9 Å². The highest BCUT2D eigenvalue weighted by molar-refractivity contribution is 5.85. The summed E-state index contributed by atoms with van der Waals surface area (Å²) in [4.78, 5) is 20.1. The summed E-state index contributed by atoms with van der Waals surface area (Å²) in [5.74, 6) is 1.13. The van der Waals surface area contributed by atoms with Gasteiger partial charge in [0.15, 0.2) is 18.1 Å². The summed E-state index contributed by atoms with van der Waals surface area (Å²) in [7, 11) is 3.11. The summed E-state index contributed by atoms with van der Waals surface area (Å²) >= 11 is 0. The number of rotatable bonds is 7. The Labute approximate surface area is 155 Å². The van der Waals surface area contributed by atoms with Gasteiger partial charge in [0.2, 0.25) is 5.88 Å². The minimum atomic E-state index is -0.408. The number of fused-ring (bicyclic) bond motifs is 1. The molecule has 0 aliphatic rings. The first-order valence-corrected chi connectivity index (χ1v) is 8.07. The summed E-state index contributed by atoms with van der Waals surface area (Å²) in [6, 6.07) is 12.7. The van der Waals surface area contributed by atoms with E-state index in [9.17, 15) is 4.79 Å². The lowest BCUT2D eigenvalue weighted by atomic mass is 10.2. The van der Waals surface area contributed by atoms with Crippen LogP contribution in [0.5, 0.6) is 17.4 Å². The van der Waals surface area contributed by atoms with E-state index < -0.39 is 5.91 Å².